The molecule has 2 unspecified atom stereocenters. The second kappa shape index (κ2) is 10.7. The fourth-order valence-electron chi connectivity index (χ4n) is 3.92. The normalized spacial score (nSPS) is 19.4. The van der Waals surface area contributed by atoms with Crippen LogP contribution in [-0.2, 0) is 6.42 Å². The van der Waals surface area contributed by atoms with E-state index in [1.807, 2.05) is 0 Å². The van der Waals surface area contributed by atoms with Crippen molar-refractivity contribution in [3.63, 3.8) is 0 Å². The molecule has 0 aromatic heterocycles. The second-order valence-corrected chi connectivity index (χ2v) is 7.55. The minimum absolute atomic E-state index is 0.791. The molecule has 1 aromatic carbocycles. The molecule has 0 N–H and O–H groups in total. The molecule has 1 aliphatic rings. The SMILES string of the molecule is CCCCCCC1CC=C(C(C)CCCc2ccccc2)CC1. The highest BCUT2D eigenvalue weighted by Gasteiger charge is 2.17. The Balaban J connectivity index is 1.63. The van der Waals surface area contributed by atoms with E-state index in [0.717, 1.165) is 11.8 Å². The molecule has 0 spiro atoms. The monoisotopic (exact) mass is 312 g/mol. The lowest BCUT2D eigenvalue weighted by Gasteiger charge is -2.25. The smallest absolute Gasteiger partial charge is 0.0232 e. The van der Waals surface area contributed by atoms with Gasteiger partial charge < -0.3 is 0 Å². The van der Waals surface area contributed by atoms with Gasteiger partial charge in [-0.25, -0.2) is 0 Å². The van der Waals surface area contributed by atoms with Crippen LogP contribution in [0.5, 0.6) is 0 Å². The maximum Gasteiger partial charge on any atom is -0.0232 e. The molecule has 0 saturated heterocycles. The lowest BCUT2D eigenvalue weighted by molar-refractivity contribution is 0.397. The van der Waals surface area contributed by atoms with Crippen molar-refractivity contribution in [3.05, 3.63) is 47.5 Å². The van der Waals surface area contributed by atoms with E-state index < -0.39 is 0 Å². The van der Waals surface area contributed by atoms with Crippen molar-refractivity contribution < 1.29 is 0 Å². The van der Waals surface area contributed by atoms with Crippen LogP contribution < -0.4 is 0 Å². The molecule has 0 amide bonds. The molecule has 2 atom stereocenters. The number of hydrogen-bond acceptors (Lipinski definition) is 0. The lowest BCUT2D eigenvalue weighted by Crippen LogP contribution is -2.10. The first-order chi connectivity index (χ1) is 11.3. The van der Waals surface area contributed by atoms with Gasteiger partial charge in [0.25, 0.3) is 0 Å². The van der Waals surface area contributed by atoms with E-state index in [-0.39, 0.29) is 0 Å². The predicted octanol–water partition coefficient (Wildman–Crippen LogP) is 7.34. The molecular formula is C23H36. The lowest BCUT2D eigenvalue weighted by atomic mass is 9.81. The summed E-state index contributed by atoms with van der Waals surface area (Å²) in [6, 6.07) is 10.9. The van der Waals surface area contributed by atoms with Crippen LogP contribution in [0.15, 0.2) is 42.0 Å². The minimum atomic E-state index is 0.791. The van der Waals surface area contributed by atoms with Crippen molar-refractivity contribution in [2.24, 2.45) is 11.8 Å². The Morgan fingerprint density at radius 1 is 1.04 bits per heavy atom. The maximum atomic E-state index is 2.60. The number of hydrogen-bond donors (Lipinski definition) is 0. The van der Waals surface area contributed by atoms with Crippen LogP contribution in [0.2, 0.25) is 0 Å². The minimum Gasteiger partial charge on any atom is -0.0848 e. The first kappa shape index (κ1) is 18.3. The average Bonchev–Trinajstić information content (AvgIpc) is 2.60. The van der Waals surface area contributed by atoms with Gasteiger partial charge in [-0.1, -0.05) is 87.9 Å². The van der Waals surface area contributed by atoms with Crippen LogP contribution in [0.3, 0.4) is 0 Å². The molecule has 0 radical (unpaired) electrons. The van der Waals surface area contributed by atoms with E-state index in [9.17, 15) is 0 Å². The highest BCUT2D eigenvalue weighted by atomic mass is 14.2. The van der Waals surface area contributed by atoms with E-state index in [2.05, 4.69) is 50.3 Å². The number of unbranched alkanes of at least 4 members (excludes halogenated alkanes) is 3. The summed E-state index contributed by atoms with van der Waals surface area (Å²) in [5.41, 5.74) is 3.24. The van der Waals surface area contributed by atoms with Gasteiger partial charge in [0.2, 0.25) is 0 Å². The van der Waals surface area contributed by atoms with Gasteiger partial charge in [0.1, 0.15) is 0 Å². The summed E-state index contributed by atoms with van der Waals surface area (Å²) in [5, 5.41) is 0. The van der Waals surface area contributed by atoms with Crippen LogP contribution in [-0.4, -0.2) is 0 Å². The Morgan fingerprint density at radius 2 is 1.87 bits per heavy atom. The predicted molar refractivity (Wildman–Crippen MR) is 103 cm³/mol. The third-order valence-electron chi connectivity index (χ3n) is 5.60. The molecule has 0 heteroatoms. The van der Waals surface area contributed by atoms with Crippen molar-refractivity contribution in [1.82, 2.24) is 0 Å². The first-order valence-electron chi connectivity index (χ1n) is 10.0. The molecular weight excluding hydrogens is 276 g/mol. The fourth-order valence-corrected chi connectivity index (χ4v) is 3.92. The summed E-state index contributed by atoms with van der Waals surface area (Å²) in [4.78, 5) is 0. The van der Waals surface area contributed by atoms with Crippen LogP contribution in [0.4, 0.5) is 0 Å². The zero-order valence-electron chi connectivity index (χ0n) is 15.4. The van der Waals surface area contributed by atoms with Crippen molar-refractivity contribution in [2.75, 3.05) is 0 Å². The Morgan fingerprint density at radius 3 is 2.57 bits per heavy atom. The third-order valence-corrected chi connectivity index (χ3v) is 5.60. The highest BCUT2D eigenvalue weighted by molar-refractivity contribution is 5.15. The quantitative estimate of drug-likeness (QED) is 0.313. The summed E-state index contributed by atoms with van der Waals surface area (Å²) < 4.78 is 0. The van der Waals surface area contributed by atoms with Crippen molar-refractivity contribution in [1.29, 1.82) is 0 Å². The first-order valence-corrected chi connectivity index (χ1v) is 10.0. The van der Waals surface area contributed by atoms with E-state index >= 15 is 0 Å². The highest BCUT2D eigenvalue weighted by Crippen LogP contribution is 2.32. The van der Waals surface area contributed by atoms with Crippen LogP contribution in [0, 0.1) is 11.8 Å². The summed E-state index contributed by atoms with van der Waals surface area (Å²) in [7, 11) is 0. The van der Waals surface area contributed by atoms with Crippen LogP contribution >= 0.6 is 0 Å². The summed E-state index contributed by atoms with van der Waals surface area (Å²) in [5.74, 6) is 1.77. The summed E-state index contributed by atoms with van der Waals surface area (Å²) in [6.07, 6.45) is 17.8. The molecule has 0 saturated carbocycles. The third kappa shape index (κ3) is 6.94. The van der Waals surface area contributed by atoms with E-state index in [1.54, 1.807) is 5.57 Å². The Kier molecular flexibility index (Phi) is 8.50. The van der Waals surface area contributed by atoms with Crippen molar-refractivity contribution >= 4 is 0 Å². The molecule has 0 fully saturated rings. The van der Waals surface area contributed by atoms with Gasteiger partial charge in [-0.2, -0.15) is 0 Å². The van der Waals surface area contributed by atoms with Gasteiger partial charge in [-0.15, -0.1) is 0 Å². The van der Waals surface area contributed by atoms with Crippen LogP contribution in [0.1, 0.15) is 83.6 Å². The molecule has 128 valence electrons. The number of rotatable bonds is 10. The van der Waals surface area contributed by atoms with Gasteiger partial charge in [-0.05, 0) is 55.9 Å². The van der Waals surface area contributed by atoms with Gasteiger partial charge in [0.15, 0.2) is 0 Å². The fraction of sp³-hybridized carbons (Fsp3) is 0.652. The molecule has 23 heavy (non-hydrogen) atoms. The van der Waals surface area contributed by atoms with Crippen LogP contribution in [0.25, 0.3) is 0 Å². The molecule has 0 aliphatic heterocycles. The van der Waals surface area contributed by atoms with Gasteiger partial charge >= 0.3 is 0 Å². The second-order valence-electron chi connectivity index (χ2n) is 7.55. The molecule has 0 bridgehead atoms. The number of benzene rings is 1. The van der Waals surface area contributed by atoms with Crippen molar-refractivity contribution in [2.45, 2.75) is 84.5 Å². The summed E-state index contributed by atoms with van der Waals surface area (Å²) >= 11 is 0. The number of allylic oxidation sites excluding steroid dienone is 2. The standard InChI is InChI=1S/C23H36/c1-3-4-5-7-14-22-16-18-23(19-17-22)20(2)11-10-15-21-12-8-6-9-13-21/h6,8-9,12-13,18,20,22H,3-5,7,10-11,14-17,19H2,1-2H3. The van der Waals surface area contributed by atoms with E-state index in [4.69, 9.17) is 0 Å². The molecule has 0 nitrogen and oxygen atoms in total. The topological polar surface area (TPSA) is 0 Å². The van der Waals surface area contributed by atoms with Gasteiger partial charge in [0, 0.05) is 0 Å². The molecule has 2 rings (SSSR count). The van der Waals surface area contributed by atoms with E-state index in [1.165, 1.54) is 76.2 Å². The molecule has 1 aromatic rings. The van der Waals surface area contributed by atoms with E-state index in [0.29, 0.717) is 0 Å². The molecule has 1 aliphatic carbocycles. The van der Waals surface area contributed by atoms with Gasteiger partial charge in [-0.3, -0.25) is 0 Å². The number of aryl methyl sites for hydroxylation is 1. The largest absolute Gasteiger partial charge is 0.0848 e. The zero-order valence-corrected chi connectivity index (χ0v) is 15.4. The summed E-state index contributed by atoms with van der Waals surface area (Å²) in [6.45, 7) is 4.74. The average molecular weight is 313 g/mol. The maximum absolute atomic E-state index is 2.60. The Bertz CT molecular complexity index is 442. The Labute approximate surface area is 144 Å². The van der Waals surface area contributed by atoms with Gasteiger partial charge in [0.05, 0.1) is 0 Å². The zero-order chi connectivity index (χ0) is 16.3. The molecule has 0 heterocycles. The Hall–Kier alpha value is -1.04. The van der Waals surface area contributed by atoms with Crippen molar-refractivity contribution in [3.8, 4) is 0 Å².